The fraction of sp³-hybridized carbons (Fsp3) is 0.556. The lowest BCUT2D eigenvalue weighted by molar-refractivity contribution is -0.140. The highest BCUT2D eigenvalue weighted by atomic mass is 32.2. The van der Waals surface area contributed by atoms with Crippen molar-refractivity contribution in [1.29, 1.82) is 0 Å². The number of aromatic nitrogens is 1. The number of hydrogen-bond acceptors (Lipinski definition) is 5. The second kappa shape index (κ2) is 5.11. The first-order valence-electron chi connectivity index (χ1n) is 4.96. The number of sulfonamides is 1. The number of rotatable bonds is 5. The van der Waals surface area contributed by atoms with Crippen LogP contribution in [0.4, 0.5) is 0 Å². The van der Waals surface area contributed by atoms with E-state index in [1.54, 1.807) is 0 Å². The molecular weight excluding hydrogens is 264 g/mol. The van der Waals surface area contributed by atoms with Gasteiger partial charge in [0.15, 0.2) is 4.21 Å². The molecule has 0 fully saturated rings. The maximum absolute atomic E-state index is 12.0. The number of thiazole rings is 1. The van der Waals surface area contributed by atoms with E-state index in [0.29, 0.717) is 11.4 Å². The lowest BCUT2D eigenvalue weighted by atomic mass is 10.4. The summed E-state index contributed by atoms with van der Waals surface area (Å²) >= 11 is 1.06. The molecule has 0 bridgehead atoms. The molecule has 17 heavy (non-hydrogen) atoms. The van der Waals surface area contributed by atoms with Crippen LogP contribution in [-0.2, 0) is 21.2 Å². The van der Waals surface area contributed by atoms with E-state index >= 15 is 0 Å². The van der Waals surface area contributed by atoms with E-state index in [1.807, 2.05) is 6.92 Å². The minimum Gasteiger partial charge on any atom is -0.480 e. The second-order valence-electron chi connectivity index (χ2n) is 3.46. The highest BCUT2D eigenvalue weighted by Gasteiger charge is 2.30. The molecule has 0 aromatic carbocycles. The maximum atomic E-state index is 12.0. The van der Waals surface area contributed by atoms with Gasteiger partial charge in [0, 0.05) is 7.05 Å². The summed E-state index contributed by atoms with van der Waals surface area (Å²) in [5, 5.41) is 9.50. The van der Waals surface area contributed by atoms with Crippen molar-refractivity contribution in [1.82, 2.24) is 9.29 Å². The van der Waals surface area contributed by atoms with Crippen molar-refractivity contribution in [2.75, 3.05) is 7.05 Å². The van der Waals surface area contributed by atoms with E-state index in [-0.39, 0.29) is 4.21 Å². The van der Waals surface area contributed by atoms with Crippen LogP contribution >= 0.6 is 11.3 Å². The van der Waals surface area contributed by atoms with Crippen molar-refractivity contribution in [2.24, 2.45) is 0 Å². The molecule has 1 unspecified atom stereocenters. The highest BCUT2D eigenvalue weighted by molar-refractivity contribution is 7.91. The van der Waals surface area contributed by atoms with Crippen molar-refractivity contribution in [2.45, 2.75) is 30.5 Å². The summed E-state index contributed by atoms with van der Waals surface area (Å²) in [6.07, 6.45) is 1.92. The zero-order valence-electron chi connectivity index (χ0n) is 9.74. The minimum absolute atomic E-state index is 0.0740. The number of carboxylic acid groups (broad SMARTS) is 1. The molecule has 0 saturated heterocycles. The Balaban J connectivity index is 3.06. The van der Waals surface area contributed by atoms with Gasteiger partial charge in [-0.15, -0.1) is 11.3 Å². The molecule has 1 N–H and O–H groups in total. The summed E-state index contributed by atoms with van der Waals surface area (Å²) in [5.41, 5.74) is 0. The molecule has 0 aliphatic carbocycles. The summed E-state index contributed by atoms with van der Waals surface area (Å²) < 4.78 is 25.0. The second-order valence-corrected chi connectivity index (χ2v) is 6.80. The predicted molar refractivity (Wildman–Crippen MR) is 63.5 cm³/mol. The topological polar surface area (TPSA) is 87.6 Å². The summed E-state index contributed by atoms with van der Waals surface area (Å²) in [6.45, 7) is 3.19. The first kappa shape index (κ1) is 14.1. The monoisotopic (exact) mass is 278 g/mol. The SMILES string of the molecule is CCc1ncc(S(=O)(=O)N(C)C(C)C(=O)O)s1. The van der Waals surface area contributed by atoms with Crippen LogP contribution in [0.3, 0.4) is 0 Å². The van der Waals surface area contributed by atoms with Crippen LogP contribution in [0.25, 0.3) is 0 Å². The molecular formula is C9H14N2O4S2. The molecule has 1 atom stereocenters. The standard InChI is InChI=1S/C9H14N2O4S2/c1-4-7-10-5-8(16-7)17(14,15)11(3)6(2)9(12)13/h5-6H,4H2,1-3H3,(H,12,13). The molecule has 0 spiro atoms. The zero-order valence-corrected chi connectivity index (χ0v) is 11.4. The molecule has 1 rings (SSSR count). The van der Waals surface area contributed by atoms with Gasteiger partial charge in [0.25, 0.3) is 10.0 Å². The van der Waals surface area contributed by atoms with Gasteiger partial charge in [-0.3, -0.25) is 4.79 Å². The van der Waals surface area contributed by atoms with Crippen LogP contribution < -0.4 is 0 Å². The molecule has 0 radical (unpaired) electrons. The smallest absolute Gasteiger partial charge is 0.321 e. The van der Waals surface area contributed by atoms with Crippen molar-refractivity contribution in [3.05, 3.63) is 11.2 Å². The van der Waals surface area contributed by atoms with E-state index in [4.69, 9.17) is 5.11 Å². The van der Waals surface area contributed by atoms with Crippen molar-refractivity contribution >= 4 is 27.3 Å². The summed E-state index contributed by atoms with van der Waals surface area (Å²) in [6, 6.07) is -1.10. The largest absolute Gasteiger partial charge is 0.480 e. The Morgan fingerprint density at radius 3 is 2.65 bits per heavy atom. The zero-order chi connectivity index (χ0) is 13.2. The Morgan fingerprint density at radius 1 is 1.65 bits per heavy atom. The molecule has 0 aliphatic heterocycles. The molecule has 6 nitrogen and oxygen atoms in total. The number of aryl methyl sites for hydroxylation is 1. The third-order valence-corrected chi connectivity index (χ3v) is 5.88. The summed E-state index contributed by atoms with van der Waals surface area (Å²) in [5.74, 6) is -1.18. The quantitative estimate of drug-likeness (QED) is 0.860. The molecule has 1 aromatic heterocycles. The normalized spacial score (nSPS) is 13.9. The number of carboxylic acids is 1. The predicted octanol–water partition coefficient (Wildman–Crippen LogP) is 0.799. The van der Waals surface area contributed by atoms with Gasteiger partial charge >= 0.3 is 5.97 Å². The summed E-state index contributed by atoms with van der Waals surface area (Å²) in [4.78, 5) is 14.7. The first-order chi connectivity index (χ1) is 7.80. The molecule has 0 aliphatic rings. The van der Waals surface area contributed by atoms with Crippen LogP contribution in [-0.4, -0.2) is 41.9 Å². The molecule has 0 amide bonds. The Bertz CT molecular complexity index is 509. The van der Waals surface area contributed by atoms with Gasteiger partial charge in [-0.1, -0.05) is 6.92 Å². The maximum Gasteiger partial charge on any atom is 0.321 e. The average molecular weight is 278 g/mol. The Hall–Kier alpha value is -0.990. The Labute approximate surface area is 104 Å². The van der Waals surface area contributed by atoms with E-state index in [0.717, 1.165) is 15.6 Å². The van der Waals surface area contributed by atoms with Crippen molar-refractivity contribution < 1.29 is 18.3 Å². The molecule has 0 saturated carbocycles. The van der Waals surface area contributed by atoms with Gasteiger partial charge in [0.2, 0.25) is 0 Å². The highest BCUT2D eigenvalue weighted by Crippen LogP contribution is 2.23. The van der Waals surface area contributed by atoms with Gasteiger partial charge in [0.1, 0.15) is 6.04 Å². The van der Waals surface area contributed by atoms with Crippen LogP contribution in [0, 0.1) is 0 Å². The third kappa shape index (κ3) is 2.82. The van der Waals surface area contributed by atoms with Crippen LogP contribution in [0.1, 0.15) is 18.9 Å². The van der Waals surface area contributed by atoms with Gasteiger partial charge < -0.3 is 5.11 Å². The lowest BCUT2D eigenvalue weighted by Gasteiger charge is -2.19. The van der Waals surface area contributed by atoms with Gasteiger partial charge in [-0.05, 0) is 13.3 Å². The van der Waals surface area contributed by atoms with Gasteiger partial charge in [0.05, 0.1) is 11.2 Å². The first-order valence-corrected chi connectivity index (χ1v) is 7.22. The number of aliphatic carboxylic acids is 1. The van der Waals surface area contributed by atoms with Crippen molar-refractivity contribution in [3.63, 3.8) is 0 Å². The average Bonchev–Trinajstić information content (AvgIpc) is 2.75. The van der Waals surface area contributed by atoms with E-state index in [1.165, 1.54) is 20.2 Å². The minimum atomic E-state index is -3.76. The van der Waals surface area contributed by atoms with Gasteiger partial charge in [-0.25, -0.2) is 13.4 Å². The van der Waals surface area contributed by atoms with E-state index < -0.39 is 22.0 Å². The third-order valence-electron chi connectivity index (χ3n) is 2.37. The molecule has 1 aromatic rings. The Morgan fingerprint density at radius 2 is 2.24 bits per heavy atom. The lowest BCUT2D eigenvalue weighted by Crippen LogP contribution is -2.39. The van der Waals surface area contributed by atoms with E-state index in [2.05, 4.69) is 4.98 Å². The molecule has 8 heteroatoms. The fourth-order valence-electron chi connectivity index (χ4n) is 1.08. The number of carbonyl (C=O) groups is 1. The van der Waals surface area contributed by atoms with Crippen LogP contribution in [0.5, 0.6) is 0 Å². The van der Waals surface area contributed by atoms with Crippen LogP contribution in [0.15, 0.2) is 10.4 Å². The van der Waals surface area contributed by atoms with Crippen molar-refractivity contribution in [3.8, 4) is 0 Å². The van der Waals surface area contributed by atoms with Crippen LogP contribution in [0.2, 0.25) is 0 Å². The van der Waals surface area contributed by atoms with E-state index in [9.17, 15) is 13.2 Å². The van der Waals surface area contributed by atoms with Gasteiger partial charge in [-0.2, -0.15) is 4.31 Å². The molecule has 96 valence electrons. The Kier molecular flexibility index (Phi) is 4.23. The number of nitrogens with zero attached hydrogens (tertiary/aromatic N) is 2. The number of likely N-dealkylation sites (N-methyl/N-ethyl adjacent to an activating group) is 1. The molecule has 1 heterocycles. The number of hydrogen-bond donors (Lipinski definition) is 1. The fourth-order valence-corrected chi connectivity index (χ4v) is 3.71. The summed E-state index contributed by atoms with van der Waals surface area (Å²) in [7, 11) is -2.51.